The molecule has 0 saturated heterocycles. The Morgan fingerprint density at radius 1 is 0.585 bits per heavy atom. The van der Waals surface area contributed by atoms with Gasteiger partial charge >= 0.3 is 12.1 Å². The summed E-state index contributed by atoms with van der Waals surface area (Å²) in [5.74, 6) is 0.548. The second kappa shape index (κ2) is 15.6. The molecule has 0 fully saturated rings. The summed E-state index contributed by atoms with van der Waals surface area (Å²) < 4.78 is 35.3. The Kier molecular flexibility index (Phi) is 9.97. The van der Waals surface area contributed by atoms with Crippen molar-refractivity contribution in [2.75, 3.05) is 6.54 Å². The van der Waals surface area contributed by atoms with Gasteiger partial charge in [-0.05, 0) is 66.7 Å². The van der Waals surface area contributed by atoms with E-state index in [9.17, 15) is 19.5 Å². The quantitative estimate of drug-likeness (QED) is 0.0987. The molecule has 7 rings (SSSR count). The molecule has 11 heteroatoms. The van der Waals surface area contributed by atoms with Crippen molar-refractivity contribution in [1.82, 2.24) is 5.32 Å². The summed E-state index contributed by atoms with van der Waals surface area (Å²) in [5, 5.41) is 13.3. The number of aromatic hydroxyl groups is 1. The normalized spacial score (nSPS) is 10.6. The molecule has 0 saturated carbocycles. The number of phenolic OH excluding ortho intramolecular Hbond substituents is 1. The molecule has 0 spiro atoms. The van der Waals surface area contributed by atoms with Crippen LogP contribution < -0.4 is 34.4 Å². The first-order valence-corrected chi connectivity index (χ1v) is 16.3. The molecule has 0 radical (unpaired) electrons. The summed E-state index contributed by atoms with van der Waals surface area (Å²) in [6.07, 6.45) is -0.951. The van der Waals surface area contributed by atoms with Crippen LogP contribution in [0.4, 0.5) is 4.79 Å². The fourth-order valence-electron chi connectivity index (χ4n) is 5.20. The van der Waals surface area contributed by atoms with Gasteiger partial charge in [-0.15, -0.1) is 0 Å². The highest BCUT2D eigenvalue weighted by Crippen LogP contribution is 2.42. The standard InChI is InChI=1S/C42H29NO10/c44-33-24-32(48-28-13-5-1-6-14-28)25-36-38(33)39(46)41(51-31-19-11-4-12-20-31)40(52-36)27-21-22-34(35(23-27)49-29-15-7-2-8-16-29)53-42(47)43-26-37(45)50-30-17-9-3-10-18-30/h1-25,44H,26H2,(H,43,47). The predicted molar refractivity (Wildman–Crippen MR) is 195 cm³/mol. The van der Waals surface area contributed by atoms with Crippen molar-refractivity contribution >= 4 is 23.0 Å². The van der Waals surface area contributed by atoms with Crippen LogP contribution in [0.25, 0.3) is 22.3 Å². The van der Waals surface area contributed by atoms with Crippen LogP contribution >= 0.6 is 0 Å². The Balaban J connectivity index is 1.26. The maximum atomic E-state index is 14.1. The molecular weight excluding hydrogens is 678 g/mol. The minimum absolute atomic E-state index is 0.0137. The number of hydrogen-bond acceptors (Lipinski definition) is 10. The van der Waals surface area contributed by atoms with Crippen LogP contribution in [-0.4, -0.2) is 23.7 Å². The first-order valence-electron chi connectivity index (χ1n) is 16.3. The van der Waals surface area contributed by atoms with Crippen LogP contribution in [-0.2, 0) is 4.79 Å². The summed E-state index contributed by atoms with van der Waals surface area (Å²) in [4.78, 5) is 39.3. The highest BCUT2D eigenvalue weighted by Gasteiger charge is 2.24. The first kappa shape index (κ1) is 33.9. The third kappa shape index (κ3) is 8.27. The van der Waals surface area contributed by atoms with Crippen molar-refractivity contribution in [2.45, 2.75) is 0 Å². The molecule has 0 atom stereocenters. The topological polar surface area (TPSA) is 143 Å². The van der Waals surface area contributed by atoms with Gasteiger partial charge in [0.15, 0.2) is 17.3 Å². The molecule has 0 aliphatic carbocycles. The molecule has 11 nitrogen and oxygen atoms in total. The Morgan fingerprint density at radius 3 is 1.77 bits per heavy atom. The predicted octanol–water partition coefficient (Wildman–Crippen LogP) is 9.24. The zero-order valence-corrected chi connectivity index (χ0v) is 27.8. The van der Waals surface area contributed by atoms with Gasteiger partial charge in [0.1, 0.15) is 52.0 Å². The van der Waals surface area contributed by atoms with Gasteiger partial charge in [0.25, 0.3) is 0 Å². The van der Waals surface area contributed by atoms with E-state index in [2.05, 4.69) is 5.32 Å². The molecule has 262 valence electrons. The lowest BCUT2D eigenvalue weighted by atomic mass is 10.1. The fraction of sp³-hybridized carbons (Fsp3) is 0.0238. The molecule has 0 aliphatic heterocycles. The molecule has 6 aromatic carbocycles. The van der Waals surface area contributed by atoms with Crippen molar-refractivity contribution in [1.29, 1.82) is 0 Å². The average molecular weight is 708 g/mol. The van der Waals surface area contributed by atoms with E-state index in [0.717, 1.165) is 0 Å². The number of rotatable bonds is 11. The number of nitrogens with one attached hydrogen (secondary N) is 1. The van der Waals surface area contributed by atoms with Crippen LogP contribution in [0.15, 0.2) is 161 Å². The Bertz CT molecular complexity index is 2440. The lowest BCUT2D eigenvalue weighted by molar-refractivity contribution is -0.133. The Labute approximate surface area is 302 Å². The molecule has 1 aromatic heterocycles. The maximum Gasteiger partial charge on any atom is 0.413 e. The molecule has 2 N–H and O–H groups in total. The van der Waals surface area contributed by atoms with Crippen LogP contribution in [0, 0.1) is 0 Å². The van der Waals surface area contributed by atoms with Crippen LogP contribution in [0.1, 0.15) is 0 Å². The second-order valence-electron chi connectivity index (χ2n) is 11.3. The van der Waals surface area contributed by atoms with Crippen molar-refractivity contribution in [3.63, 3.8) is 0 Å². The van der Waals surface area contributed by atoms with Gasteiger partial charge in [0, 0.05) is 17.7 Å². The third-order valence-electron chi connectivity index (χ3n) is 7.58. The van der Waals surface area contributed by atoms with Gasteiger partial charge in [-0.25, -0.2) is 9.59 Å². The molecule has 0 unspecified atom stereocenters. The number of amides is 1. The maximum absolute atomic E-state index is 14.1. The zero-order valence-electron chi connectivity index (χ0n) is 27.8. The van der Waals surface area contributed by atoms with E-state index in [0.29, 0.717) is 28.6 Å². The number of hydrogen-bond donors (Lipinski definition) is 2. The van der Waals surface area contributed by atoms with Gasteiger partial charge in [0.05, 0.1) is 0 Å². The summed E-state index contributed by atoms with van der Waals surface area (Å²) in [6, 6.07) is 42.0. The van der Waals surface area contributed by atoms with Crippen molar-refractivity contribution in [3.8, 4) is 63.1 Å². The lowest BCUT2D eigenvalue weighted by Crippen LogP contribution is -2.34. The van der Waals surface area contributed by atoms with Crippen molar-refractivity contribution < 1.29 is 42.8 Å². The van der Waals surface area contributed by atoms with Gasteiger partial charge in [-0.1, -0.05) is 72.8 Å². The molecular formula is C42H29NO10. The van der Waals surface area contributed by atoms with Gasteiger partial charge in [-0.3, -0.25) is 4.79 Å². The number of benzene rings is 6. The number of fused-ring (bicyclic) bond motifs is 1. The average Bonchev–Trinajstić information content (AvgIpc) is 3.17. The van der Waals surface area contributed by atoms with E-state index in [-0.39, 0.29) is 45.5 Å². The van der Waals surface area contributed by atoms with Crippen molar-refractivity contribution in [3.05, 3.63) is 162 Å². The highest BCUT2D eigenvalue weighted by atomic mass is 16.6. The van der Waals surface area contributed by atoms with E-state index in [1.807, 2.05) is 12.1 Å². The van der Waals surface area contributed by atoms with Crippen LogP contribution in [0.3, 0.4) is 0 Å². The fourth-order valence-corrected chi connectivity index (χ4v) is 5.20. The smallest absolute Gasteiger partial charge is 0.413 e. The molecule has 7 aromatic rings. The SMILES string of the molecule is O=C(CNC(=O)Oc1ccc(-c2oc3cc(Oc4ccccc4)cc(O)c3c(=O)c2Oc2ccccc2)cc1Oc1ccccc1)Oc1ccccc1. The Hall–Kier alpha value is -7.53. The third-order valence-corrected chi connectivity index (χ3v) is 7.58. The lowest BCUT2D eigenvalue weighted by Gasteiger charge is -2.16. The number of phenols is 1. The highest BCUT2D eigenvalue weighted by molar-refractivity contribution is 5.89. The van der Waals surface area contributed by atoms with Crippen molar-refractivity contribution in [2.24, 2.45) is 0 Å². The zero-order chi connectivity index (χ0) is 36.6. The monoisotopic (exact) mass is 707 g/mol. The van der Waals surface area contributed by atoms with Gasteiger partial charge in [-0.2, -0.15) is 0 Å². The first-order chi connectivity index (χ1) is 25.9. The molecule has 0 aliphatic rings. The number of ether oxygens (including phenoxy) is 5. The number of carbonyl (C=O) groups is 2. The molecule has 1 amide bonds. The Morgan fingerprint density at radius 2 is 1.15 bits per heavy atom. The number of para-hydroxylation sites is 4. The van der Waals surface area contributed by atoms with Gasteiger partial charge < -0.3 is 38.5 Å². The minimum Gasteiger partial charge on any atom is -0.507 e. The summed E-state index contributed by atoms with van der Waals surface area (Å²) in [5.41, 5.74) is -0.334. The van der Waals surface area contributed by atoms with E-state index >= 15 is 0 Å². The largest absolute Gasteiger partial charge is 0.507 e. The van der Waals surface area contributed by atoms with E-state index in [1.165, 1.54) is 30.3 Å². The molecule has 1 heterocycles. The van der Waals surface area contributed by atoms with Crippen LogP contribution in [0.5, 0.6) is 51.7 Å². The van der Waals surface area contributed by atoms with E-state index in [4.69, 9.17) is 28.1 Å². The van der Waals surface area contributed by atoms with E-state index in [1.54, 1.807) is 109 Å². The second-order valence-corrected chi connectivity index (χ2v) is 11.3. The van der Waals surface area contributed by atoms with Crippen LogP contribution in [0.2, 0.25) is 0 Å². The summed E-state index contributed by atoms with van der Waals surface area (Å²) >= 11 is 0. The number of carbonyl (C=O) groups excluding carboxylic acids is 2. The molecule has 0 bridgehead atoms. The summed E-state index contributed by atoms with van der Waals surface area (Å²) in [7, 11) is 0. The summed E-state index contributed by atoms with van der Waals surface area (Å²) in [6.45, 7) is -0.466. The van der Waals surface area contributed by atoms with E-state index < -0.39 is 24.0 Å². The minimum atomic E-state index is -0.951. The number of esters is 1. The molecule has 53 heavy (non-hydrogen) atoms. The van der Waals surface area contributed by atoms with Gasteiger partial charge in [0.2, 0.25) is 11.2 Å².